The van der Waals surface area contributed by atoms with E-state index in [4.69, 9.17) is 5.73 Å². The first kappa shape index (κ1) is 12.2. The summed E-state index contributed by atoms with van der Waals surface area (Å²) in [4.78, 5) is 32.0. The zero-order valence-electron chi connectivity index (χ0n) is 7.50. The van der Waals surface area contributed by atoms with Crippen molar-refractivity contribution in [3.05, 3.63) is 0 Å². The molecule has 13 heavy (non-hydrogen) atoms. The van der Waals surface area contributed by atoms with E-state index in [0.29, 0.717) is 24.7 Å². The van der Waals surface area contributed by atoms with E-state index in [1.54, 1.807) is 0 Å². The van der Waals surface area contributed by atoms with Gasteiger partial charge in [-0.05, 0) is 0 Å². The normalized spacial score (nSPS) is 11.9. The molecule has 0 saturated heterocycles. The van der Waals surface area contributed by atoms with Crippen LogP contribution in [-0.2, 0) is 32.7 Å². The molecular formula is C7H11N2O3Zn. The molecule has 0 unspecified atom stereocenters. The summed E-state index contributed by atoms with van der Waals surface area (Å²) in [7, 11) is 0. The van der Waals surface area contributed by atoms with Crippen molar-refractivity contribution in [3.8, 4) is 0 Å². The summed E-state index contributed by atoms with van der Waals surface area (Å²) in [6, 6.07) is -0.537. The van der Waals surface area contributed by atoms with Crippen LogP contribution in [0.1, 0.15) is 19.8 Å². The van der Waals surface area contributed by atoms with E-state index in [1.165, 1.54) is 6.92 Å². The van der Waals surface area contributed by atoms with Gasteiger partial charge in [-0.15, -0.1) is 0 Å². The van der Waals surface area contributed by atoms with Crippen LogP contribution in [0.4, 0.5) is 0 Å². The molecule has 0 rings (SSSR count). The minimum absolute atomic E-state index is 0.0450. The van der Waals surface area contributed by atoms with E-state index < -0.39 is 11.9 Å². The Morgan fingerprint density at radius 2 is 2.00 bits per heavy atom. The number of hydrogen-bond donors (Lipinski definition) is 2. The molecule has 0 saturated carbocycles. The summed E-state index contributed by atoms with van der Waals surface area (Å²) in [5.41, 5.74) is 4.92. The zero-order chi connectivity index (χ0) is 10.4. The molecule has 0 aliphatic heterocycles. The summed E-state index contributed by atoms with van der Waals surface area (Å²) in [5.74, 6) is -0.729. The van der Waals surface area contributed by atoms with Gasteiger partial charge in [0.25, 0.3) is 0 Å². The molecule has 0 aromatic rings. The Kier molecular flexibility index (Phi) is 5.46. The number of nitrogens with two attached hydrogens (primary N) is 1. The van der Waals surface area contributed by atoms with Gasteiger partial charge in [0.15, 0.2) is 0 Å². The van der Waals surface area contributed by atoms with Gasteiger partial charge < -0.3 is 0 Å². The van der Waals surface area contributed by atoms with Crippen LogP contribution in [0, 0.1) is 0 Å². The summed E-state index contributed by atoms with van der Waals surface area (Å²) in [5, 5.41) is 2.47. The van der Waals surface area contributed by atoms with Crippen molar-refractivity contribution in [2.75, 3.05) is 0 Å². The van der Waals surface area contributed by atoms with Crippen LogP contribution in [0.25, 0.3) is 0 Å². The molecule has 0 aliphatic rings. The molecular weight excluding hydrogens is 225 g/mol. The van der Waals surface area contributed by atoms with Crippen molar-refractivity contribution >= 4 is 16.2 Å². The average molecular weight is 237 g/mol. The Morgan fingerprint density at radius 1 is 1.46 bits per heavy atom. The second-order valence-corrected chi connectivity index (χ2v) is 4.19. The van der Waals surface area contributed by atoms with E-state index in [0.717, 1.165) is 0 Å². The molecule has 69 valence electrons. The fourth-order valence-corrected chi connectivity index (χ4v) is 1.49. The summed E-state index contributed by atoms with van der Waals surface area (Å²) in [6.07, 6.45) is 0.421. The van der Waals surface area contributed by atoms with Gasteiger partial charge in [0.2, 0.25) is 0 Å². The Balaban J connectivity index is 4.02. The first-order chi connectivity index (χ1) is 5.93. The zero-order valence-corrected chi connectivity index (χ0v) is 10.5. The van der Waals surface area contributed by atoms with Gasteiger partial charge in [-0.2, -0.15) is 0 Å². The van der Waals surface area contributed by atoms with Crippen molar-refractivity contribution in [2.45, 2.75) is 25.8 Å². The molecule has 3 N–H and O–H groups in total. The van der Waals surface area contributed by atoms with Crippen LogP contribution in [-0.4, -0.2) is 22.2 Å². The maximum absolute atomic E-state index is 11.0. The fourth-order valence-electron chi connectivity index (χ4n) is 0.846. The van der Waals surface area contributed by atoms with Crippen LogP contribution >= 0.6 is 0 Å². The number of nitrogens with one attached hydrogen (secondary N) is 1. The van der Waals surface area contributed by atoms with Crippen molar-refractivity contribution in [1.82, 2.24) is 5.32 Å². The topological polar surface area (TPSA) is 89.3 Å². The van der Waals surface area contributed by atoms with E-state index in [9.17, 15) is 14.4 Å². The molecule has 0 heterocycles. The molecule has 0 spiro atoms. The summed E-state index contributed by atoms with van der Waals surface area (Å²) >= 11 is 0.462. The number of carbonyl (C=O) groups excluding carboxylic acids is 3. The van der Waals surface area contributed by atoms with Crippen molar-refractivity contribution < 1.29 is 32.7 Å². The standard InChI is InChI=1S/C7H11N2O3.Zn/c1-5(11)9-6(4-10)2-3-7(8)12;/h6H,2-3H2,1H3,(H2,8,12)(H,9,11);/t6-;/m0./s1. The second-order valence-electron chi connectivity index (χ2n) is 2.72. The molecule has 0 aromatic carbocycles. The van der Waals surface area contributed by atoms with Crippen LogP contribution in [0.15, 0.2) is 0 Å². The Bertz CT molecular complexity index is 230. The Morgan fingerprint density at radius 3 is 2.31 bits per heavy atom. The van der Waals surface area contributed by atoms with Gasteiger partial charge in [0.1, 0.15) is 0 Å². The maximum atomic E-state index is 11.0. The second kappa shape index (κ2) is 5.81. The third-order valence-corrected chi connectivity index (χ3v) is 2.48. The molecule has 1 atom stereocenters. The van der Waals surface area contributed by atoms with Gasteiger partial charge in [-0.3, -0.25) is 0 Å². The predicted molar refractivity (Wildman–Crippen MR) is 41.0 cm³/mol. The predicted octanol–water partition coefficient (Wildman–Crippen LogP) is -1.17. The first-order valence-corrected chi connectivity index (χ1v) is 5.33. The average Bonchev–Trinajstić information content (AvgIpc) is 1.96. The van der Waals surface area contributed by atoms with Gasteiger partial charge in [-0.1, -0.05) is 0 Å². The number of rotatable bonds is 5. The van der Waals surface area contributed by atoms with Crippen LogP contribution in [0.3, 0.4) is 0 Å². The van der Waals surface area contributed by atoms with Gasteiger partial charge in [0, 0.05) is 0 Å². The molecule has 0 aliphatic carbocycles. The molecule has 0 aromatic heterocycles. The molecule has 6 heteroatoms. The van der Waals surface area contributed by atoms with E-state index in [-0.39, 0.29) is 16.7 Å². The molecule has 5 nitrogen and oxygen atoms in total. The van der Waals surface area contributed by atoms with Gasteiger partial charge >= 0.3 is 85.7 Å². The quantitative estimate of drug-likeness (QED) is 0.590. The van der Waals surface area contributed by atoms with Crippen molar-refractivity contribution in [1.29, 1.82) is 0 Å². The van der Waals surface area contributed by atoms with Gasteiger partial charge in [0.05, 0.1) is 0 Å². The molecule has 0 radical (unpaired) electrons. The van der Waals surface area contributed by atoms with E-state index >= 15 is 0 Å². The Hall–Kier alpha value is -0.767. The molecule has 0 bridgehead atoms. The third-order valence-electron chi connectivity index (χ3n) is 1.45. The number of amides is 2. The van der Waals surface area contributed by atoms with Crippen LogP contribution in [0.5, 0.6) is 0 Å². The first-order valence-electron chi connectivity index (χ1n) is 3.84. The van der Waals surface area contributed by atoms with Crippen molar-refractivity contribution in [2.24, 2.45) is 5.73 Å². The van der Waals surface area contributed by atoms with Crippen LogP contribution in [0.2, 0.25) is 0 Å². The number of primary amides is 1. The molecule has 2 amide bonds. The number of hydrogen-bond acceptors (Lipinski definition) is 3. The molecule has 0 fully saturated rings. The number of carbonyl (C=O) groups is 3. The Labute approximate surface area is 86.1 Å². The summed E-state index contributed by atoms with van der Waals surface area (Å²) in [6.45, 7) is 1.33. The van der Waals surface area contributed by atoms with E-state index in [1.807, 2.05) is 0 Å². The van der Waals surface area contributed by atoms with Gasteiger partial charge in [-0.25, -0.2) is 0 Å². The SMILES string of the molecule is CC(=O)N[C@@H](CCC(N)=O)[C](=O)[Zn]. The van der Waals surface area contributed by atoms with E-state index in [2.05, 4.69) is 5.32 Å². The third kappa shape index (κ3) is 6.40. The van der Waals surface area contributed by atoms with Crippen molar-refractivity contribution in [3.63, 3.8) is 0 Å². The fraction of sp³-hybridized carbons (Fsp3) is 0.571. The summed E-state index contributed by atoms with van der Waals surface area (Å²) < 4.78 is -0.0450. The van der Waals surface area contributed by atoms with Crippen LogP contribution < -0.4 is 11.1 Å². The monoisotopic (exact) mass is 235 g/mol. The minimum atomic E-state index is -0.537.